The first-order chi connectivity index (χ1) is 14.7. The van der Waals surface area contributed by atoms with Crippen LogP contribution in [0.3, 0.4) is 0 Å². The highest BCUT2D eigenvalue weighted by molar-refractivity contribution is 5.70. The zero-order chi connectivity index (χ0) is 20.2. The van der Waals surface area contributed by atoms with E-state index in [0.29, 0.717) is 11.8 Å². The smallest absolute Gasteiger partial charge is 0.255 e. The number of aromatic nitrogens is 5. The number of likely N-dealkylation sites (tertiary alicyclic amines) is 1. The molecule has 0 N–H and O–H groups in total. The normalized spacial score (nSPS) is 23.8. The molecule has 3 aromatic rings. The van der Waals surface area contributed by atoms with Crippen LogP contribution in [0.2, 0.25) is 0 Å². The van der Waals surface area contributed by atoms with E-state index in [-0.39, 0.29) is 5.56 Å². The highest BCUT2D eigenvalue weighted by Crippen LogP contribution is 2.36. The Morgan fingerprint density at radius 2 is 1.97 bits per heavy atom. The number of imidazole rings is 1. The average Bonchev–Trinajstić information content (AvgIpc) is 3.40. The predicted octanol–water partition coefficient (Wildman–Crippen LogP) is 1.74. The quantitative estimate of drug-likeness (QED) is 0.661. The van der Waals surface area contributed by atoms with E-state index in [4.69, 9.17) is 4.98 Å². The van der Waals surface area contributed by atoms with Crippen molar-refractivity contribution in [1.29, 1.82) is 0 Å². The summed E-state index contributed by atoms with van der Waals surface area (Å²) in [5.41, 5.74) is 4.02. The van der Waals surface area contributed by atoms with Crippen molar-refractivity contribution in [2.45, 2.75) is 38.3 Å². The van der Waals surface area contributed by atoms with Crippen LogP contribution in [-0.2, 0) is 20.1 Å². The van der Waals surface area contributed by atoms with Gasteiger partial charge in [-0.1, -0.05) is 6.07 Å². The molecule has 8 heteroatoms. The number of piperidine rings is 1. The van der Waals surface area contributed by atoms with E-state index in [9.17, 15) is 4.79 Å². The monoisotopic (exact) mass is 405 g/mol. The zero-order valence-corrected chi connectivity index (χ0v) is 17.4. The highest BCUT2D eigenvalue weighted by atomic mass is 16.1. The van der Waals surface area contributed by atoms with Crippen molar-refractivity contribution in [3.05, 3.63) is 46.3 Å². The molecular weight excluding hydrogens is 378 g/mol. The Balaban J connectivity index is 1.29. The van der Waals surface area contributed by atoms with Gasteiger partial charge in [0.2, 0.25) is 5.95 Å². The molecule has 2 bridgehead atoms. The fraction of sp³-hybridized carbons (Fsp3) is 0.545. The molecule has 3 aliphatic rings. The van der Waals surface area contributed by atoms with Crippen LogP contribution >= 0.6 is 0 Å². The van der Waals surface area contributed by atoms with E-state index in [1.807, 2.05) is 17.8 Å². The molecule has 0 aromatic carbocycles. The summed E-state index contributed by atoms with van der Waals surface area (Å²) in [6, 6.07) is 4.27. The first-order valence-corrected chi connectivity index (χ1v) is 11.0. The molecule has 30 heavy (non-hydrogen) atoms. The minimum absolute atomic E-state index is 0.218. The van der Waals surface area contributed by atoms with Crippen LogP contribution in [0.4, 0.5) is 5.95 Å². The number of anilines is 1. The van der Waals surface area contributed by atoms with Gasteiger partial charge in [0.25, 0.3) is 5.56 Å². The maximum atomic E-state index is 13.2. The van der Waals surface area contributed by atoms with Crippen molar-refractivity contribution in [2.75, 3.05) is 31.1 Å². The van der Waals surface area contributed by atoms with Gasteiger partial charge in [0.1, 0.15) is 5.52 Å². The van der Waals surface area contributed by atoms with Gasteiger partial charge < -0.3 is 14.0 Å². The maximum Gasteiger partial charge on any atom is 0.255 e. The summed E-state index contributed by atoms with van der Waals surface area (Å²) in [5, 5.41) is 0. The maximum absolute atomic E-state index is 13.2. The Labute approximate surface area is 175 Å². The molecule has 3 aromatic heterocycles. The molecule has 2 atom stereocenters. The number of hydrogen-bond acceptors (Lipinski definition) is 6. The molecule has 0 aliphatic carbocycles. The summed E-state index contributed by atoms with van der Waals surface area (Å²) in [5.74, 6) is 1.56. The first-order valence-electron chi connectivity index (χ1n) is 11.0. The molecule has 6 heterocycles. The SMILES string of the molecule is Cn1cnc2cnc(N3C[C@@H]4C[C@H](C3)c3ccc(CN5CCCC5)c(=O)n3C4)nc21. The van der Waals surface area contributed by atoms with Crippen molar-refractivity contribution in [2.24, 2.45) is 13.0 Å². The number of fused-ring (bicyclic) bond motifs is 5. The molecule has 0 amide bonds. The Morgan fingerprint density at radius 1 is 1.10 bits per heavy atom. The fourth-order valence-corrected chi connectivity index (χ4v) is 5.52. The number of pyridine rings is 1. The molecule has 0 spiro atoms. The van der Waals surface area contributed by atoms with Gasteiger partial charge in [-0.15, -0.1) is 0 Å². The van der Waals surface area contributed by atoms with Crippen LogP contribution in [0.5, 0.6) is 0 Å². The topological polar surface area (TPSA) is 72.1 Å². The summed E-state index contributed by atoms with van der Waals surface area (Å²) >= 11 is 0. The number of aryl methyl sites for hydroxylation is 1. The van der Waals surface area contributed by atoms with Gasteiger partial charge in [0.15, 0.2) is 5.65 Å². The van der Waals surface area contributed by atoms with Crippen molar-refractivity contribution < 1.29 is 0 Å². The van der Waals surface area contributed by atoms with Crippen molar-refractivity contribution >= 4 is 17.1 Å². The van der Waals surface area contributed by atoms with Crippen LogP contribution in [0.15, 0.2) is 29.5 Å². The van der Waals surface area contributed by atoms with Gasteiger partial charge in [-0.25, -0.2) is 9.97 Å². The summed E-state index contributed by atoms with van der Waals surface area (Å²) < 4.78 is 3.99. The Kier molecular flexibility index (Phi) is 4.16. The molecule has 2 fully saturated rings. The Morgan fingerprint density at radius 3 is 2.83 bits per heavy atom. The lowest BCUT2D eigenvalue weighted by Crippen LogP contribution is -2.48. The minimum Gasteiger partial charge on any atom is -0.340 e. The van der Waals surface area contributed by atoms with Crippen LogP contribution in [0.25, 0.3) is 11.2 Å². The second-order valence-electron chi connectivity index (χ2n) is 9.12. The molecule has 3 aliphatic heterocycles. The second kappa shape index (κ2) is 6.91. The molecule has 8 nitrogen and oxygen atoms in total. The van der Waals surface area contributed by atoms with Gasteiger partial charge in [-0.3, -0.25) is 9.69 Å². The largest absolute Gasteiger partial charge is 0.340 e. The Bertz CT molecular complexity index is 1160. The lowest BCUT2D eigenvalue weighted by atomic mass is 9.83. The molecule has 0 saturated carbocycles. The lowest BCUT2D eigenvalue weighted by Gasteiger charge is -2.43. The van der Waals surface area contributed by atoms with Crippen LogP contribution in [0.1, 0.15) is 36.4 Å². The van der Waals surface area contributed by atoms with E-state index in [1.165, 1.54) is 18.5 Å². The third kappa shape index (κ3) is 2.93. The lowest BCUT2D eigenvalue weighted by molar-refractivity contribution is 0.276. The molecule has 0 radical (unpaired) electrons. The van der Waals surface area contributed by atoms with Gasteiger partial charge in [-0.05, 0) is 44.3 Å². The van der Waals surface area contributed by atoms with Crippen LogP contribution in [-0.4, -0.2) is 55.2 Å². The minimum atomic E-state index is 0.218. The molecule has 6 rings (SSSR count). The van der Waals surface area contributed by atoms with E-state index in [2.05, 4.69) is 36.5 Å². The molecule has 2 saturated heterocycles. The predicted molar refractivity (Wildman–Crippen MR) is 115 cm³/mol. The van der Waals surface area contributed by atoms with Crippen LogP contribution < -0.4 is 10.5 Å². The second-order valence-corrected chi connectivity index (χ2v) is 9.12. The summed E-state index contributed by atoms with van der Waals surface area (Å²) in [6.45, 7) is 5.56. The Hall–Kier alpha value is -2.74. The number of nitrogens with zero attached hydrogens (tertiary/aromatic N) is 7. The van der Waals surface area contributed by atoms with E-state index >= 15 is 0 Å². The zero-order valence-electron chi connectivity index (χ0n) is 17.4. The standard InChI is InChI=1S/C22H27N7O/c1-26-14-24-18-9-23-22(25-20(18)26)28-10-15-8-17(13-28)19-5-4-16(21(30)29(19)11-15)12-27-6-2-3-7-27/h4-5,9,14-15,17H,2-3,6-8,10-13H2,1H3/t15-,17+/m0/s1. The third-order valence-corrected chi connectivity index (χ3v) is 7.00. The van der Waals surface area contributed by atoms with Gasteiger partial charge >= 0.3 is 0 Å². The molecular formula is C22H27N7O. The molecule has 156 valence electrons. The van der Waals surface area contributed by atoms with Gasteiger partial charge in [-0.2, -0.15) is 4.98 Å². The van der Waals surface area contributed by atoms with E-state index in [1.54, 1.807) is 6.33 Å². The number of rotatable bonds is 3. The highest BCUT2D eigenvalue weighted by Gasteiger charge is 2.36. The summed E-state index contributed by atoms with van der Waals surface area (Å²) in [4.78, 5) is 31.6. The average molecular weight is 406 g/mol. The van der Waals surface area contributed by atoms with E-state index < -0.39 is 0 Å². The van der Waals surface area contributed by atoms with Gasteiger partial charge in [0.05, 0.1) is 12.5 Å². The summed E-state index contributed by atoms with van der Waals surface area (Å²) in [7, 11) is 1.96. The molecule has 0 unspecified atom stereocenters. The fourth-order valence-electron chi connectivity index (χ4n) is 5.52. The van der Waals surface area contributed by atoms with Crippen molar-refractivity contribution in [3.8, 4) is 0 Å². The third-order valence-electron chi connectivity index (χ3n) is 7.00. The van der Waals surface area contributed by atoms with Crippen LogP contribution in [0, 0.1) is 5.92 Å². The number of hydrogen-bond donors (Lipinski definition) is 0. The van der Waals surface area contributed by atoms with Crippen molar-refractivity contribution in [1.82, 2.24) is 29.0 Å². The first kappa shape index (κ1) is 18.1. The summed E-state index contributed by atoms with van der Waals surface area (Å²) in [6.07, 6.45) is 7.22. The van der Waals surface area contributed by atoms with Gasteiger partial charge in [0, 0.05) is 50.4 Å². The van der Waals surface area contributed by atoms with Crippen molar-refractivity contribution in [3.63, 3.8) is 0 Å². The van der Waals surface area contributed by atoms with E-state index in [0.717, 1.165) is 68.4 Å².